The lowest BCUT2D eigenvalue weighted by molar-refractivity contribution is 0.214. The number of benzene rings is 1. The molecule has 0 spiro atoms. The molecule has 2 aromatic rings. The van der Waals surface area contributed by atoms with Gasteiger partial charge in [0.05, 0.1) is 17.6 Å². The van der Waals surface area contributed by atoms with Gasteiger partial charge in [-0.2, -0.15) is 0 Å². The van der Waals surface area contributed by atoms with Crippen LogP contribution < -0.4 is 0 Å². The Morgan fingerprint density at radius 2 is 1.82 bits per heavy atom. The fourth-order valence-corrected chi connectivity index (χ4v) is 1.84. The maximum absolute atomic E-state index is 10.3. The van der Waals surface area contributed by atoms with Crippen molar-refractivity contribution in [1.82, 2.24) is 9.97 Å². The van der Waals surface area contributed by atoms with Crippen molar-refractivity contribution < 1.29 is 5.11 Å². The summed E-state index contributed by atoms with van der Waals surface area (Å²) in [4.78, 5) is 8.36. The highest BCUT2D eigenvalue weighted by Crippen LogP contribution is 2.23. The van der Waals surface area contributed by atoms with Crippen molar-refractivity contribution in [3.05, 3.63) is 58.7 Å². The molecule has 3 nitrogen and oxygen atoms in total. The van der Waals surface area contributed by atoms with Gasteiger partial charge >= 0.3 is 0 Å². The van der Waals surface area contributed by atoms with Gasteiger partial charge in [0.1, 0.15) is 6.10 Å². The number of rotatable bonds is 2. The number of aliphatic hydroxyl groups is 1. The molecule has 0 fully saturated rings. The van der Waals surface area contributed by atoms with E-state index in [1.807, 2.05) is 32.9 Å². The minimum atomic E-state index is -0.705. The van der Waals surface area contributed by atoms with Gasteiger partial charge in [-0.05, 0) is 31.9 Å². The summed E-state index contributed by atoms with van der Waals surface area (Å²) < 4.78 is 0. The Kier molecular flexibility index (Phi) is 3.20. The molecule has 3 heteroatoms. The second-order valence-electron chi connectivity index (χ2n) is 4.35. The summed E-state index contributed by atoms with van der Waals surface area (Å²) in [6.07, 6.45) is 2.59. The van der Waals surface area contributed by atoms with Gasteiger partial charge in [-0.25, -0.2) is 0 Å². The molecular formula is C14H16N2O. The van der Waals surface area contributed by atoms with Crippen LogP contribution in [0.2, 0.25) is 0 Å². The molecular weight excluding hydrogens is 212 g/mol. The van der Waals surface area contributed by atoms with Crippen LogP contribution in [0.1, 0.15) is 34.2 Å². The van der Waals surface area contributed by atoms with E-state index in [0.717, 1.165) is 16.8 Å². The Morgan fingerprint density at radius 1 is 1.06 bits per heavy atom. The lowest BCUT2D eigenvalue weighted by atomic mass is 9.99. The highest BCUT2D eigenvalue weighted by molar-refractivity contribution is 5.35. The average Bonchev–Trinajstić information content (AvgIpc) is 2.29. The second kappa shape index (κ2) is 4.63. The highest BCUT2D eigenvalue weighted by atomic mass is 16.3. The summed E-state index contributed by atoms with van der Waals surface area (Å²) >= 11 is 0. The van der Waals surface area contributed by atoms with Gasteiger partial charge < -0.3 is 5.11 Å². The Balaban J connectivity index is 2.36. The molecule has 17 heavy (non-hydrogen) atoms. The van der Waals surface area contributed by atoms with Gasteiger partial charge in [0, 0.05) is 6.20 Å². The van der Waals surface area contributed by atoms with Crippen LogP contribution in [0.15, 0.2) is 30.6 Å². The number of aryl methyl sites for hydroxylation is 3. The lowest BCUT2D eigenvalue weighted by Crippen LogP contribution is -2.05. The third-order valence-corrected chi connectivity index (χ3v) is 2.80. The molecule has 0 aliphatic heterocycles. The molecule has 0 radical (unpaired) electrons. The standard InChI is InChI=1S/C14H16N2O/c1-9-4-5-12(10(2)6-9)14(17)13-8-15-11(3)7-16-13/h4-8,14,17H,1-3H3. The maximum Gasteiger partial charge on any atom is 0.123 e. The van der Waals surface area contributed by atoms with E-state index in [1.54, 1.807) is 12.4 Å². The third-order valence-electron chi connectivity index (χ3n) is 2.80. The van der Waals surface area contributed by atoms with Crippen molar-refractivity contribution in [3.8, 4) is 0 Å². The van der Waals surface area contributed by atoms with Gasteiger partial charge in [-0.1, -0.05) is 23.8 Å². The van der Waals surface area contributed by atoms with Crippen LogP contribution in [0.4, 0.5) is 0 Å². The van der Waals surface area contributed by atoms with Crippen molar-refractivity contribution in [2.24, 2.45) is 0 Å². The Bertz CT molecular complexity index is 520. The zero-order valence-corrected chi connectivity index (χ0v) is 10.3. The quantitative estimate of drug-likeness (QED) is 0.859. The largest absolute Gasteiger partial charge is 0.382 e. The molecule has 2 rings (SSSR count). The number of nitrogens with zero attached hydrogens (tertiary/aromatic N) is 2. The van der Waals surface area contributed by atoms with Gasteiger partial charge in [0.15, 0.2) is 0 Å². The summed E-state index contributed by atoms with van der Waals surface area (Å²) in [7, 11) is 0. The Labute approximate surface area is 101 Å². The van der Waals surface area contributed by atoms with Gasteiger partial charge in [-0.3, -0.25) is 9.97 Å². The second-order valence-corrected chi connectivity index (χ2v) is 4.35. The van der Waals surface area contributed by atoms with E-state index in [4.69, 9.17) is 0 Å². The Hall–Kier alpha value is -1.74. The molecule has 0 bridgehead atoms. The molecule has 0 saturated heterocycles. The van der Waals surface area contributed by atoms with Crippen molar-refractivity contribution in [2.75, 3.05) is 0 Å². The molecule has 88 valence electrons. The lowest BCUT2D eigenvalue weighted by Gasteiger charge is -2.13. The highest BCUT2D eigenvalue weighted by Gasteiger charge is 2.14. The minimum absolute atomic E-state index is 0.586. The molecule has 1 N–H and O–H groups in total. The van der Waals surface area contributed by atoms with E-state index in [2.05, 4.69) is 16.0 Å². The topological polar surface area (TPSA) is 46.0 Å². The first kappa shape index (κ1) is 11.7. The fraction of sp³-hybridized carbons (Fsp3) is 0.286. The van der Waals surface area contributed by atoms with Crippen LogP contribution in [0.25, 0.3) is 0 Å². The van der Waals surface area contributed by atoms with Crippen LogP contribution in [0.3, 0.4) is 0 Å². The molecule has 0 saturated carbocycles. The number of aliphatic hydroxyl groups excluding tert-OH is 1. The van der Waals surface area contributed by atoms with Crippen LogP contribution in [-0.2, 0) is 0 Å². The van der Waals surface area contributed by atoms with Gasteiger partial charge in [0.25, 0.3) is 0 Å². The van der Waals surface area contributed by atoms with Crippen LogP contribution in [-0.4, -0.2) is 15.1 Å². The summed E-state index contributed by atoms with van der Waals surface area (Å²) in [5, 5.41) is 10.3. The first-order valence-corrected chi connectivity index (χ1v) is 5.61. The van der Waals surface area contributed by atoms with E-state index >= 15 is 0 Å². The number of aromatic nitrogens is 2. The van der Waals surface area contributed by atoms with Crippen molar-refractivity contribution in [1.29, 1.82) is 0 Å². The van der Waals surface area contributed by atoms with Crippen molar-refractivity contribution in [2.45, 2.75) is 26.9 Å². The van der Waals surface area contributed by atoms with E-state index in [-0.39, 0.29) is 0 Å². The summed E-state index contributed by atoms with van der Waals surface area (Å²) in [5.74, 6) is 0. The minimum Gasteiger partial charge on any atom is -0.382 e. The Morgan fingerprint density at radius 3 is 2.41 bits per heavy atom. The number of hydrogen-bond donors (Lipinski definition) is 1. The molecule has 1 aromatic carbocycles. The fourth-order valence-electron chi connectivity index (χ4n) is 1.84. The molecule has 1 heterocycles. The van der Waals surface area contributed by atoms with E-state index < -0.39 is 6.10 Å². The predicted octanol–water partition coefficient (Wildman–Crippen LogP) is 2.48. The SMILES string of the molecule is Cc1ccc(C(O)c2cnc(C)cn2)c(C)c1. The zero-order chi connectivity index (χ0) is 12.4. The third kappa shape index (κ3) is 2.50. The zero-order valence-electron chi connectivity index (χ0n) is 10.3. The maximum atomic E-state index is 10.3. The van der Waals surface area contributed by atoms with Gasteiger partial charge in [0.2, 0.25) is 0 Å². The number of hydrogen-bond acceptors (Lipinski definition) is 3. The summed E-state index contributed by atoms with van der Waals surface area (Å²) in [6.45, 7) is 5.91. The summed E-state index contributed by atoms with van der Waals surface area (Å²) in [5.41, 5.74) is 4.58. The van der Waals surface area contributed by atoms with Crippen molar-refractivity contribution in [3.63, 3.8) is 0 Å². The predicted molar refractivity (Wildman–Crippen MR) is 66.7 cm³/mol. The first-order valence-electron chi connectivity index (χ1n) is 5.61. The smallest absolute Gasteiger partial charge is 0.123 e. The monoisotopic (exact) mass is 228 g/mol. The molecule has 0 amide bonds. The molecule has 1 unspecified atom stereocenters. The van der Waals surface area contributed by atoms with E-state index in [1.165, 1.54) is 5.56 Å². The normalized spacial score (nSPS) is 12.5. The molecule has 1 atom stereocenters. The molecule has 1 aromatic heterocycles. The van der Waals surface area contributed by atoms with E-state index in [9.17, 15) is 5.11 Å². The first-order chi connectivity index (χ1) is 8.08. The van der Waals surface area contributed by atoms with Crippen molar-refractivity contribution >= 4 is 0 Å². The summed E-state index contributed by atoms with van der Waals surface area (Å²) in [6, 6.07) is 5.99. The molecule has 0 aliphatic rings. The van der Waals surface area contributed by atoms with Crippen LogP contribution in [0, 0.1) is 20.8 Å². The van der Waals surface area contributed by atoms with Gasteiger partial charge in [-0.15, -0.1) is 0 Å². The molecule has 0 aliphatic carbocycles. The van der Waals surface area contributed by atoms with Crippen LogP contribution in [0.5, 0.6) is 0 Å². The average molecular weight is 228 g/mol. The van der Waals surface area contributed by atoms with Crippen LogP contribution >= 0.6 is 0 Å². The van der Waals surface area contributed by atoms with E-state index in [0.29, 0.717) is 5.69 Å².